The number of fused-ring (bicyclic) bond motifs is 1. The number of nitrogens with two attached hydrogens (primary N) is 1. The summed E-state index contributed by atoms with van der Waals surface area (Å²) in [5, 5.41) is 8.10. The van der Waals surface area contributed by atoms with Crippen LogP contribution in [0.3, 0.4) is 0 Å². The Kier molecular flexibility index (Phi) is 2.30. The standard InChI is InChI=1S/C10H11N7/c11-8(3-7-4-13-6-14-7)10-16-15-9-5-12-1-2-17(9)10/h1-2,4-6,8H,3,11H2,(H,13,14). The lowest BCUT2D eigenvalue weighted by Gasteiger charge is -2.07. The smallest absolute Gasteiger partial charge is 0.179 e. The first-order valence-electron chi connectivity index (χ1n) is 5.22. The number of hydrogen-bond acceptors (Lipinski definition) is 5. The number of H-pyrrole nitrogens is 1. The minimum Gasteiger partial charge on any atom is -0.348 e. The Balaban J connectivity index is 1.93. The molecule has 1 atom stereocenters. The van der Waals surface area contributed by atoms with E-state index in [-0.39, 0.29) is 6.04 Å². The van der Waals surface area contributed by atoms with Gasteiger partial charge >= 0.3 is 0 Å². The summed E-state index contributed by atoms with van der Waals surface area (Å²) in [6.45, 7) is 0. The van der Waals surface area contributed by atoms with Crippen molar-refractivity contribution >= 4 is 5.65 Å². The van der Waals surface area contributed by atoms with Crippen LogP contribution in [0, 0.1) is 0 Å². The molecule has 3 rings (SSSR count). The van der Waals surface area contributed by atoms with Gasteiger partial charge in [-0.1, -0.05) is 0 Å². The molecule has 0 aromatic carbocycles. The molecule has 0 aliphatic rings. The van der Waals surface area contributed by atoms with Crippen LogP contribution in [-0.4, -0.2) is 29.5 Å². The number of aromatic amines is 1. The summed E-state index contributed by atoms with van der Waals surface area (Å²) >= 11 is 0. The van der Waals surface area contributed by atoms with Crippen molar-refractivity contribution in [1.82, 2.24) is 29.5 Å². The van der Waals surface area contributed by atoms with E-state index in [0.717, 1.165) is 11.5 Å². The molecule has 3 aromatic heterocycles. The van der Waals surface area contributed by atoms with Crippen LogP contribution in [0.15, 0.2) is 31.1 Å². The summed E-state index contributed by atoms with van der Waals surface area (Å²) < 4.78 is 1.84. The van der Waals surface area contributed by atoms with Crippen LogP contribution in [-0.2, 0) is 6.42 Å². The highest BCUT2D eigenvalue weighted by Gasteiger charge is 2.14. The molecule has 0 fully saturated rings. The molecule has 3 N–H and O–H groups in total. The maximum atomic E-state index is 6.11. The molecular weight excluding hydrogens is 218 g/mol. The number of nitrogens with one attached hydrogen (secondary N) is 1. The summed E-state index contributed by atoms with van der Waals surface area (Å²) in [5.41, 5.74) is 7.78. The van der Waals surface area contributed by atoms with Crippen LogP contribution in [0.25, 0.3) is 5.65 Å². The Bertz CT molecular complexity index is 612. The number of aromatic nitrogens is 6. The predicted molar refractivity (Wildman–Crippen MR) is 60.0 cm³/mol. The SMILES string of the molecule is NC(Cc1cnc[nH]1)c1nnc2cnccn12. The third-order valence-electron chi connectivity index (χ3n) is 2.57. The van der Waals surface area contributed by atoms with Crippen LogP contribution >= 0.6 is 0 Å². The van der Waals surface area contributed by atoms with E-state index in [0.29, 0.717) is 12.1 Å². The fourth-order valence-electron chi connectivity index (χ4n) is 1.75. The van der Waals surface area contributed by atoms with E-state index in [1.807, 2.05) is 4.40 Å². The van der Waals surface area contributed by atoms with Crippen LogP contribution in [0.1, 0.15) is 17.6 Å². The zero-order chi connectivity index (χ0) is 11.7. The second-order valence-corrected chi connectivity index (χ2v) is 3.75. The van der Waals surface area contributed by atoms with Crippen LogP contribution in [0.2, 0.25) is 0 Å². The largest absolute Gasteiger partial charge is 0.348 e. The molecule has 0 amide bonds. The molecule has 3 aromatic rings. The minimum absolute atomic E-state index is 0.229. The molecule has 3 heterocycles. The van der Waals surface area contributed by atoms with Gasteiger partial charge < -0.3 is 10.7 Å². The highest BCUT2D eigenvalue weighted by atomic mass is 15.3. The highest BCUT2D eigenvalue weighted by Crippen LogP contribution is 2.13. The maximum Gasteiger partial charge on any atom is 0.179 e. The van der Waals surface area contributed by atoms with Crippen molar-refractivity contribution < 1.29 is 0 Å². The van der Waals surface area contributed by atoms with Crippen molar-refractivity contribution in [2.45, 2.75) is 12.5 Å². The molecular formula is C10H11N7. The van der Waals surface area contributed by atoms with Gasteiger partial charge in [-0.3, -0.25) is 9.38 Å². The van der Waals surface area contributed by atoms with E-state index in [2.05, 4.69) is 25.1 Å². The van der Waals surface area contributed by atoms with Crippen molar-refractivity contribution in [3.63, 3.8) is 0 Å². The van der Waals surface area contributed by atoms with E-state index in [4.69, 9.17) is 5.73 Å². The Hall–Kier alpha value is -2.28. The van der Waals surface area contributed by atoms with E-state index < -0.39 is 0 Å². The van der Waals surface area contributed by atoms with Crippen LogP contribution in [0.5, 0.6) is 0 Å². The third kappa shape index (κ3) is 1.76. The summed E-state index contributed by atoms with van der Waals surface area (Å²) in [6, 6.07) is -0.229. The molecule has 0 aliphatic carbocycles. The molecule has 7 nitrogen and oxygen atoms in total. The second kappa shape index (κ2) is 3.95. The molecule has 0 saturated carbocycles. The van der Waals surface area contributed by atoms with Gasteiger partial charge in [0.2, 0.25) is 0 Å². The second-order valence-electron chi connectivity index (χ2n) is 3.75. The predicted octanol–water partition coefficient (Wildman–Crippen LogP) is 0.0899. The zero-order valence-corrected chi connectivity index (χ0v) is 8.98. The molecule has 0 bridgehead atoms. The molecule has 86 valence electrons. The fraction of sp³-hybridized carbons (Fsp3) is 0.200. The van der Waals surface area contributed by atoms with Crippen molar-refractivity contribution in [1.29, 1.82) is 0 Å². The first-order valence-corrected chi connectivity index (χ1v) is 5.22. The van der Waals surface area contributed by atoms with E-state index in [1.165, 1.54) is 0 Å². The van der Waals surface area contributed by atoms with Gasteiger partial charge in [-0.15, -0.1) is 10.2 Å². The highest BCUT2D eigenvalue weighted by molar-refractivity contribution is 5.34. The van der Waals surface area contributed by atoms with Gasteiger partial charge in [0.1, 0.15) is 0 Å². The average molecular weight is 229 g/mol. The Morgan fingerprint density at radius 2 is 2.24 bits per heavy atom. The Labute approximate surface area is 96.7 Å². The molecule has 7 heteroatoms. The third-order valence-corrected chi connectivity index (χ3v) is 2.57. The lowest BCUT2D eigenvalue weighted by atomic mass is 10.1. The molecule has 0 radical (unpaired) electrons. The number of imidazole rings is 1. The lowest BCUT2D eigenvalue weighted by molar-refractivity contribution is 0.649. The van der Waals surface area contributed by atoms with Gasteiger partial charge in [0.25, 0.3) is 0 Å². The van der Waals surface area contributed by atoms with E-state index in [1.54, 1.807) is 31.1 Å². The van der Waals surface area contributed by atoms with Gasteiger partial charge in [0.05, 0.1) is 18.6 Å². The zero-order valence-electron chi connectivity index (χ0n) is 8.98. The lowest BCUT2D eigenvalue weighted by Crippen LogP contribution is -2.17. The summed E-state index contributed by atoms with van der Waals surface area (Å²) in [5.74, 6) is 0.719. The van der Waals surface area contributed by atoms with E-state index >= 15 is 0 Å². The number of rotatable bonds is 3. The minimum atomic E-state index is -0.229. The van der Waals surface area contributed by atoms with Crippen molar-refractivity contribution in [2.24, 2.45) is 5.73 Å². The normalized spacial score (nSPS) is 13.0. The molecule has 17 heavy (non-hydrogen) atoms. The maximum absolute atomic E-state index is 6.11. The topological polar surface area (TPSA) is 97.8 Å². The first-order chi connectivity index (χ1) is 8.34. The van der Waals surface area contributed by atoms with Gasteiger partial charge in [0.15, 0.2) is 11.5 Å². The Morgan fingerprint density at radius 3 is 3.06 bits per heavy atom. The number of nitrogens with zero attached hydrogens (tertiary/aromatic N) is 5. The molecule has 1 unspecified atom stereocenters. The van der Waals surface area contributed by atoms with Gasteiger partial charge in [-0.2, -0.15) is 0 Å². The summed E-state index contributed by atoms with van der Waals surface area (Å²) in [6.07, 6.45) is 9.17. The monoisotopic (exact) mass is 229 g/mol. The van der Waals surface area contributed by atoms with Gasteiger partial charge in [-0.25, -0.2) is 4.98 Å². The molecule has 0 spiro atoms. The van der Waals surface area contributed by atoms with Crippen molar-refractivity contribution in [2.75, 3.05) is 0 Å². The van der Waals surface area contributed by atoms with E-state index in [9.17, 15) is 0 Å². The molecule has 0 saturated heterocycles. The van der Waals surface area contributed by atoms with Crippen LogP contribution < -0.4 is 5.73 Å². The number of hydrogen-bond donors (Lipinski definition) is 2. The van der Waals surface area contributed by atoms with Gasteiger partial charge in [-0.05, 0) is 0 Å². The first kappa shape index (κ1) is 9.91. The summed E-state index contributed by atoms with van der Waals surface area (Å²) in [7, 11) is 0. The average Bonchev–Trinajstić information content (AvgIpc) is 2.96. The molecule has 0 aliphatic heterocycles. The fourth-order valence-corrected chi connectivity index (χ4v) is 1.75. The Morgan fingerprint density at radius 1 is 1.29 bits per heavy atom. The van der Waals surface area contributed by atoms with Crippen molar-refractivity contribution in [3.8, 4) is 0 Å². The van der Waals surface area contributed by atoms with Crippen LogP contribution in [0.4, 0.5) is 0 Å². The quantitative estimate of drug-likeness (QED) is 0.663. The summed E-state index contributed by atoms with van der Waals surface area (Å²) in [4.78, 5) is 11.0. The van der Waals surface area contributed by atoms with Crippen molar-refractivity contribution in [3.05, 3.63) is 42.6 Å². The van der Waals surface area contributed by atoms with Gasteiger partial charge in [0, 0.05) is 30.7 Å².